The Morgan fingerprint density at radius 3 is 2.47 bits per heavy atom. The first-order chi connectivity index (χ1) is 8.27. The average molecular weight is 234 g/mol. The maximum atomic E-state index is 12.4. The van der Waals surface area contributed by atoms with Crippen LogP contribution in [0.3, 0.4) is 0 Å². The van der Waals surface area contributed by atoms with Crippen molar-refractivity contribution in [3.05, 3.63) is 0 Å². The van der Waals surface area contributed by atoms with Gasteiger partial charge in [-0.25, -0.2) is 0 Å². The van der Waals surface area contributed by atoms with Crippen LogP contribution in [0.1, 0.15) is 44.9 Å². The van der Waals surface area contributed by atoms with E-state index in [9.17, 15) is 4.79 Å². The van der Waals surface area contributed by atoms with Crippen LogP contribution < -0.4 is 0 Å². The van der Waals surface area contributed by atoms with E-state index in [1.54, 1.807) is 0 Å². The first kappa shape index (κ1) is 10.4. The predicted molar refractivity (Wildman–Crippen MR) is 65.6 cm³/mol. The minimum absolute atomic E-state index is 0.246. The van der Waals surface area contributed by atoms with E-state index in [1.807, 2.05) is 0 Å². The lowest BCUT2D eigenvalue weighted by Crippen LogP contribution is -2.43. The fourth-order valence-electron chi connectivity index (χ4n) is 4.09. The van der Waals surface area contributed by atoms with Crippen molar-refractivity contribution in [1.29, 1.82) is 0 Å². The Bertz CT molecular complexity index is 346. The molecule has 2 heterocycles. The third kappa shape index (κ3) is 1.55. The lowest BCUT2D eigenvalue weighted by Gasteiger charge is -2.38. The van der Waals surface area contributed by atoms with Crippen LogP contribution in [0, 0.1) is 5.41 Å². The van der Waals surface area contributed by atoms with Crippen molar-refractivity contribution >= 4 is 5.91 Å². The number of hydrogen-bond donors (Lipinski definition) is 0. The molecular formula is C14H22N2O. The summed E-state index contributed by atoms with van der Waals surface area (Å²) < 4.78 is 0. The highest BCUT2D eigenvalue weighted by Crippen LogP contribution is 2.49. The van der Waals surface area contributed by atoms with Crippen molar-refractivity contribution in [2.24, 2.45) is 5.41 Å². The van der Waals surface area contributed by atoms with Crippen molar-refractivity contribution in [3.63, 3.8) is 0 Å². The van der Waals surface area contributed by atoms with Crippen LogP contribution in [0.25, 0.3) is 0 Å². The third-order valence-electron chi connectivity index (χ3n) is 5.52. The summed E-state index contributed by atoms with van der Waals surface area (Å²) in [6, 6.07) is 0.864. The topological polar surface area (TPSA) is 23.6 Å². The molecule has 1 amide bonds. The van der Waals surface area contributed by atoms with Gasteiger partial charge in [0.05, 0.1) is 6.04 Å². The molecule has 2 aliphatic heterocycles. The van der Waals surface area contributed by atoms with Gasteiger partial charge in [-0.2, -0.15) is 0 Å². The third-order valence-corrected chi connectivity index (χ3v) is 5.52. The number of likely N-dealkylation sites (tertiary alicyclic amines) is 2. The van der Waals surface area contributed by atoms with Gasteiger partial charge in [-0.05, 0) is 50.5 Å². The Balaban J connectivity index is 1.44. The van der Waals surface area contributed by atoms with Crippen LogP contribution in [0.5, 0.6) is 0 Å². The second kappa shape index (κ2) is 3.47. The van der Waals surface area contributed by atoms with E-state index in [-0.39, 0.29) is 6.04 Å². The monoisotopic (exact) mass is 234 g/mol. The number of carbonyl (C=O) groups is 1. The molecule has 17 heavy (non-hydrogen) atoms. The quantitative estimate of drug-likeness (QED) is 0.725. The normalized spacial score (nSPS) is 36.8. The van der Waals surface area contributed by atoms with E-state index in [0.29, 0.717) is 17.4 Å². The molecule has 2 saturated carbocycles. The number of amides is 1. The molecule has 4 aliphatic rings. The highest BCUT2D eigenvalue weighted by molar-refractivity contribution is 5.84. The van der Waals surface area contributed by atoms with Crippen molar-refractivity contribution < 1.29 is 4.79 Å². The minimum atomic E-state index is 0.246. The lowest BCUT2D eigenvalue weighted by molar-refractivity contribution is -0.132. The molecule has 0 aromatic rings. The minimum Gasteiger partial charge on any atom is -0.338 e. The average Bonchev–Trinajstić information content (AvgIpc) is 2.89. The van der Waals surface area contributed by atoms with Crippen LogP contribution in [-0.4, -0.2) is 47.4 Å². The van der Waals surface area contributed by atoms with Gasteiger partial charge >= 0.3 is 0 Å². The molecule has 2 aliphatic carbocycles. The molecule has 4 fully saturated rings. The summed E-state index contributed by atoms with van der Waals surface area (Å²) in [4.78, 5) is 17.0. The van der Waals surface area contributed by atoms with Crippen LogP contribution >= 0.6 is 0 Å². The molecule has 94 valence electrons. The Hall–Kier alpha value is -0.570. The molecule has 3 nitrogen and oxygen atoms in total. The van der Waals surface area contributed by atoms with Crippen LogP contribution in [-0.2, 0) is 4.79 Å². The second-order valence-electron chi connectivity index (χ2n) is 6.64. The van der Waals surface area contributed by atoms with Gasteiger partial charge < -0.3 is 4.90 Å². The SMILES string of the molecule is O=C1[C@H](N2CCC3(CCC3)C2)CCN1C1CC1. The smallest absolute Gasteiger partial charge is 0.240 e. The molecule has 4 rings (SSSR count). The Kier molecular flexibility index (Phi) is 2.11. The van der Waals surface area contributed by atoms with Crippen LogP contribution in [0.4, 0.5) is 0 Å². The highest BCUT2D eigenvalue weighted by Gasteiger charge is 2.49. The van der Waals surface area contributed by atoms with E-state index in [1.165, 1.54) is 51.6 Å². The molecule has 0 aromatic heterocycles. The number of carbonyl (C=O) groups excluding carboxylic acids is 1. The summed E-state index contributed by atoms with van der Waals surface area (Å²) in [5, 5.41) is 0. The molecule has 2 saturated heterocycles. The summed E-state index contributed by atoms with van der Waals surface area (Å²) in [6.07, 6.45) is 9.19. The molecular weight excluding hydrogens is 212 g/mol. The number of hydrogen-bond acceptors (Lipinski definition) is 2. The largest absolute Gasteiger partial charge is 0.338 e. The van der Waals surface area contributed by atoms with Crippen LogP contribution in [0.2, 0.25) is 0 Å². The Morgan fingerprint density at radius 1 is 1.06 bits per heavy atom. The van der Waals surface area contributed by atoms with Gasteiger partial charge in [0.15, 0.2) is 0 Å². The predicted octanol–water partition coefficient (Wildman–Crippen LogP) is 1.63. The highest BCUT2D eigenvalue weighted by atomic mass is 16.2. The van der Waals surface area contributed by atoms with E-state index >= 15 is 0 Å². The van der Waals surface area contributed by atoms with E-state index in [2.05, 4.69) is 9.80 Å². The molecule has 0 N–H and O–H groups in total. The molecule has 0 radical (unpaired) electrons. The zero-order valence-electron chi connectivity index (χ0n) is 10.5. The Labute approximate surface area is 103 Å². The number of nitrogens with zero attached hydrogens (tertiary/aromatic N) is 2. The second-order valence-corrected chi connectivity index (χ2v) is 6.64. The summed E-state index contributed by atoms with van der Waals surface area (Å²) >= 11 is 0. The lowest BCUT2D eigenvalue weighted by atomic mass is 9.68. The van der Waals surface area contributed by atoms with Gasteiger partial charge in [0.1, 0.15) is 0 Å². The summed E-state index contributed by atoms with van der Waals surface area (Å²) in [5.74, 6) is 0.448. The standard InChI is InChI=1S/C14H22N2O/c17-13-12(4-8-16(13)11-2-3-11)15-9-7-14(10-15)5-1-6-14/h11-12H,1-10H2/t12-/m1/s1. The van der Waals surface area contributed by atoms with E-state index in [4.69, 9.17) is 0 Å². The van der Waals surface area contributed by atoms with Crippen LogP contribution in [0.15, 0.2) is 0 Å². The maximum Gasteiger partial charge on any atom is 0.240 e. The molecule has 1 atom stereocenters. The summed E-state index contributed by atoms with van der Waals surface area (Å²) in [7, 11) is 0. The van der Waals surface area contributed by atoms with Gasteiger partial charge in [0, 0.05) is 19.1 Å². The number of rotatable bonds is 2. The van der Waals surface area contributed by atoms with Crippen molar-refractivity contribution in [3.8, 4) is 0 Å². The van der Waals surface area contributed by atoms with Crippen molar-refractivity contribution in [2.45, 2.75) is 57.0 Å². The summed E-state index contributed by atoms with van der Waals surface area (Å²) in [6.45, 7) is 3.41. The van der Waals surface area contributed by atoms with Gasteiger partial charge in [-0.3, -0.25) is 9.69 Å². The zero-order chi connectivity index (χ0) is 11.5. The first-order valence-electron chi connectivity index (χ1n) is 7.32. The maximum absolute atomic E-state index is 12.4. The molecule has 0 unspecified atom stereocenters. The van der Waals surface area contributed by atoms with E-state index < -0.39 is 0 Å². The van der Waals surface area contributed by atoms with Gasteiger partial charge in [-0.1, -0.05) is 6.42 Å². The zero-order valence-corrected chi connectivity index (χ0v) is 10.5. The fraction of sp³-hybridized carbons (Fsp3) is 0.929. The van der Waals surface area contributed by atoms with Crippen molar-refractivity contribution in [1.82, 2.24) is 9.80 Å². The molecule has 1 spiro atoms. The first-order valence-corrected chi connectivity index (χ1v) is 7.32. The van der Waals surface area contributed by atoms with Gasteiger partial charge in [0.25, 0.3) is 0 Å². The van der Waals surface area contributed by atoms with Crippen molar-refractivity contribution in [2.75, 3.05) is 19.6 Å². The van der Waals surface area contributed by atoms with Gasteiger partial charge in [0.2, 0.25) is 5.91 Å². The molecule has 3 heteroatoms. The van der Waals surface area contributed by atoms with E-state index in [0.717, 1.165) is 13.0 Å². The Morgan fingerprint density at radius 2 is 1.88 bits per heavy atom. The van der Waals surface area contributed by atoms with Gasteiger partial charge in [-0.15, -0.1) is 0 Å². The molecule has 0 bridgehead atoms. The fourth-order valence-corrected chi connectivity index (χ4v) is 4.09. The summed E-state index contributed by atoms with van der Waals surface area (Å²) in [5.41, 5.74) is 0.632. The molecule has 0 aromatic carbocycles.